The molecule has 0 amide bonds. The Hall–Kier alpha value is -0.770. The van der Waals surface area contributed by atoms with E-state index in [-0.39, 0.29) is 5.82 Å². The molecule has 17 heavy (non-hydrogen) atoms. The number of benzene rings is 1. The minimum absolute atomic E-state index is 0.277. The van der Waals surface area contributed by atoms with E-state index < -0.39 is 0 Å². The molecule has 0 aromatic heterocycles. The number of halogens is 2. The van der Waals surface area contributed by atoms with Crippen LogP contribution in [0.4, 0.5) is 15.8 Å². The molecule has 1 saturated carbocycles. The van der Waals surface area contributed by atoms with Gasteiger partial charge in [-0.1, -0.05) is 13.8 Å². The van der Waals surface area contributed by atoms with Crippen molar-refractivity contribution < 1.29 is 4.39 Å². The zero-order chi connectivity index (χ0) is 12.6. The zero-order valence-corrected chi connectivity index (χ0v) is 11.7. The third-order valence-corrected chi connectivity index (χ3v) is 4.51. The van der Waals surface area contributed by atoms with Crippen LogP contribution in [-0.2, 0) is 0 Å². The van der Waals surface area contributed by atoms with E-state index in [1.807, 2.05) is 0 Å². The summed E-state index contributed by atoms with van der Waals surface area (Å²) in [5.74, 6) is 1.04. The summed E-state index contributed by atoms with van der Waals surface area (Å²) in [5.41, 5.74) is 7.18. The zero-order valence-electron chi connectivity index (χ0n) is 10.1. The third-order valence-electron chi connectivity index (χ3n) is 3.90. The maximum absolute atomic E-state index is 13.5. The van der Waals surface area contributed by atoms with Crippen LogP contribution >= 0.6 is 15.9 Å². The molecule has 94 valence electrons. The van der Waals surface area contributed by atoms with Crippen LogP contribution in [0, 0.1) is 17.7 Å². The molecular weight excluding hydrogens is 283 g/mol. The summed E-state index contributed by atoms with van der Waals surface area (Å²) in [6, 6.07) is 3.48. The molecule has 1 aromatic rings. The van der Waals surface area contributed by atoms with Crippen molar-refractivity contribution in [2.24, 2.45) is 11.8 Å². The lowest BCUT2D eigenvalue weighted by atomic mass is 9.97. The molecule has 0 saturated heterocycles. The summed E-state index contributed by atoms with van der Waals surface area (Å²) in [6.07, 6.45) is 2.34. The van der Waals surface area contributed by atoms with Gasteiger partial charge in [-0.15, -0.1) is 0 Å². The van der Waals surface area contributed by atoms with E-state index in [1.165, 1.54) is 12.5 Å². The van der Waals surface area contributed by atoms with Crippen LogP contribution in [-0.4, -0.2) is 6.04 Å². The van der Waals surface area contributed by atoms with Crippen molar-refractivity contribution in [2.45, 2.75) is 32.7 Å². The topological polar surface area (TPSA) is 38.0 Å². The van der Waals surface area contributed by atoms with Crippen molar-refractivity contribution in [3.05, 3.63) is 22.4 Å². The summed E-state index contributed by atoms with van der Waals surface area (Å²) in [4.78, 5) is 0. The van der Waals surface area contributed by atoms with Gasteiger partial charge in [-0.2, -0.15) is 0 Å². The van der Waals surface area contributed by atoms with Gasteiger partial charge in [-0.05, 0) is 46.7 Å². The Balaban J connectivity index is 2.16. The van der Waals surface area contributed by atoms with Gasteiger partial charge in [0.2, 0.25) is 0 Å². The molecule has 0 heterocycles. The molecule has 0 radical (unpaired) electrons. The van der Waals surface area contributed by atoms with Crippen molar-refractivity contribution in [1.82, 2.24) is 0 Å². The number of nitrogens with two attached hydrogens (primary N) is 1. The second kappa shape index (κ2) is 4.84. The lowest BCUT2D eigenvalue weighted by Gasteiger charge is -2.22. The normalized spacial score (nSPS) is 28.4. The van der Waals surface area contributed by atoms with Crippen LogP contribution in [0.5, 0.6) is 0 Å². The average Bonchev–Trinajstić information content (AvgIpc) is 2.58. The molecule has 3 unspecified atom stereocenters. The standard InChI is InChI=1S/C13H18BrFN2/c1-7-3-4-12(8(7)2)17-13-6-10(15)9(14)5-11(13)16/h5-8,12,17H,3-4,16H2,1-2H3. The van der Waals surface area contributed by atoms with Crippen LogP contribution in [0.3, 0.4) is 0 Å². The minimum atomic E-state index is -0.277. The Morgan fingerprint density at radius 1 is 1.35 bits per heavy atom. The molecule has 1 fully saturated rings. The molecule has 3 N–H and O–H groups in total. The van der Waals surface area contributed by atoms with Crippen LogP contribution in [0.25, 0.3) is 0 Å². The van der Waals surface area contributed by atoms with Crippen molar-refractivity contribution in [3.63, 3.8) is 0 Å². The van der Waals surface area contributed by atoms with E-state index in [0.717, 1.165) is 6.42 Å². The highest BCUT2D eigenvalue weighted by Crippen LogP contribution is 2.35. The summed E-state index contributed by atoms with van der Waals surface area (Å²) >= 11 is 3.13. The fourth-order valence-electron chi connectivity index (χ4n) is 2.46. The molecule has 1 aliphatic rings. The van der Waals surface area contributed by atoms with Gasteiger partial charge in [0, 0.05) is 12.1 Å². The van der Waals surface area contributed by atoms with Crippen LogP contribution in [0.1, 0.15) is 26.7 Å². The maximum Gasteiger partial charge on any atom is 0.139 e. The summed E-state index contributed by atoms with van der Waals surface area (Å²) in [5, 5.41) is 3.37. The molecule has 4 heteroatoms. The van der Waals surface area contributed by atoms with Gasteiger partial charge in [-0.25, -0.2) is 4.39 Å². The number of hydrogen-bond donors (Lipinski definition) is 2. The van der Waals surface area contributed by atoms with E-state index in [0.29, 0.717) is 33.7 Å². The predicted molar refractivity (Wildman–Crippen MR) is 73.5 cm³/mol. The quantitative estimate of drug-likeness (QED) is 0.810. The fourth-order valence-corrected chi connectivity index (χ4v) is 2.82. The molecular formula is C13H18BrFN2. The van der Waals surface area contributed by atoms with Crippen LogP contribution in [0.2, 0.25) is 0 Å². The van der Waals surface area contributed by atoms with Gasteiger partial charge >= 0.3 is 0 Å². The van der Waals surface area contributed by atoms with Crippen molar-refractivity contribution in [1.29, 1.82) is 0 Å². The summed E-state index contributed by atoms with van der Waals surface area (Å²) in [7, 11) is 0. The largest absolute Gasteiger partial charge is 0.397 e. The first-order chi connectivity index (χ1) is 7.99. The molecule has 0 aliphatic heterocycles. The molecule has 2 rings (SSSR count). The molecule has 0 bridgehead atoms. The fraction of sp³-hybridized carbons (Fsp3) is 0.538. The van der Waals surface area contributed by atoms with Gasteiger partial charge < -0.3 is 11.1 Å². The Bertz CT molecular complexity index is 422. The van der Waals surface area contributed by atoms with Crippen molar-refractivity contribution >= 4 is 27.3 Å². The van der Waals surface area contributed by atoms with E-state index >= 15 is 0 Å². The van der Waals surface area contributed by atoms with Gasteiger partial charge in [0.1, 0.15) is 5.82 Å². The number of nitrogens with one attached hydrogen (secondary N) is 1. The van der Waals surface area contributed by atoms with Crippen molar-refractivity contribution in [3.8, 4) is 0 Å². The lowest BCUT2D eigenvalue weighted by Crippen LogP contribution is -2.24. The SMILES string of the molecule is CC1CCC(Nc2cc(F)c(Br)cc2N)C1C. The van der Waals surface area contributed by atoms with Gasteiger partial charge in [0.25, 0.3) is 0 Å². The Morgan fingerprint density at radius 3 is 2.65 bits per heavy atom. The van der Waals surface area contributed by atoms with E-state index in [2.05, 4.69) is 35.1 Å². The smallest absolute Gasteiger partial charge is 0.139 e. The number of rotatable bonds is 2. The van der Waals surface area contributed by atoms with Gasteiger partial charge in [-0.3, -0.25) is 0 Å². The highest BCUT2D eigenvalue weighted by molar-refractivity contribution is 9.10. The molecule has 1 aromatic carbocycles. The molecule has 2 nitrogen and oxygen atoms in total. The molecule has 1 aliphatic carbocycles. The molecule has 3 atom stereocenters. The lowest BCUT2D eigenvalue weighted by molar-refractivity contribution is 0.435. The highest BCUT2D eigenvalue weighted by Gasteiger charge is 2.29. The second-order valence-corrected chi connectivity index (χ2v) is 5.87. The van der Waals surface area contributed by atoms with Crippen molar-refractivity contribution in [2.75, 3.05) is 11.1 Å². The third kappa shape index (κ3) is 2.57. The predicted octanol–water partition coefficient (Wildman–Crippen LogP) is 4.02. The average molecular weight is 301 g/mol. The number of hydrogen-bond acceptors (Lipinski definition) is 2. The van der Waals surface area contributed by atoms with Gasteiger partial charge in [0.05, 0.1) is 15.8 Å². The highest BCUT2D eigenvalue weighted by atomic mass is 79.9. The van der Waals surface area contributed by atoms with Crippen LogP contribution in [0.15, 0.2) is 16.6 Å². The Morgan fingerprint density at radius 2 is 2.06 bits per heavy atom. The first-order valence-corrected chi connectivity index (χ1v) is 6.79. The minimum Gasteiger partial charge on any atom is -0.397 e. The second-order valence-electron chi connectivity index (χ2n) is 5.02. The Labute approximate surface area is 110 Å². The Kier molecular flexibility index (Phi) is 3.61. The van der Waals surface area contributed by atoms with E-state index in [1.54, 1.807) is 6.07 Å². The van der Waals surface area contributed by atoms with E-state index in [4.69, 9.17) is 5.73 Å². The number of nitrogen functional groups attached to an aromatic ring is 1. The summed E-state index contributed by atoms with van der Waals surface area (Å²) in [6.45, 7) is 4.50. The van der Waals surface area contributed by atoms with Crippen LogP contribution < -0.4 is 11.1 Å². The first kappa shape index (κ1) is 12.7. The maximum atomic E-state index is 13.5. The monoisotopic (exact) mass is 300 g/mol. The van der Waals surface area contributed by atoms with E-state index in [9.17, 15) is 4.39 Å². The summed E-state index contributed by atoms with van der Waals surface area (Å²) < 4.78 is 13.9. The first-order valence-electron chi connectivity index (χ1n) is 6.00. The number of anilines is 2. The molecule has 0 spiro atoms. The van der Waals surface area contributed by atoms with Gasteiger partial charge in [0.15, 0.2) is 0 Å².